The number of carbonyl (C=O) groups is 3. The highest BCUT2D eigenvalue weighted by atomic mass is 32.1. The molecule has 0 aromatic carbocycles. The van der Waals surface area contributed by atoms with Gasteiger partial charge in [0.05, 0.1) is 18.1 Å². The average Bonchev–Trinajstić information content (AvgIpc) is 2.68. The number of carboxylic acids is 2. The number of carboxylic acid groups (broad SMARTS) is 2. The zero-order valence-corrected chi connectivity index (χ0v) is 8.73. The van der Waals surface area contributed by atoms with E-state index in [2.05, 4.69) is 10.3 Å². The Morgan fingerprint density at radius 2 is 2.12 bits per heavy atom. The number of nitrogens with zero attached hydrogens (tertiary/aromatic N) is 1. The van der Waals surface area contributed by atoms with Gasteiger partial charge in [-0.2, -0.15) is 0 Å². The quantitative estimate of drug-likeness (QED) is 0.660. The Kier molecular flexibility index (Phi) is 3.95. The number of nitrogens with one attached hydrogen (secondary N) is 1. The number of aliphatic carboxylic acids is 2. The summed E-state index contributed by atoms with van der Waals surface area (Å²) < 4.78 is 0. The highest BCUT2D eigenvalue weighted by molar-refractivity contribution is 7.11. The van der Waals surface area contributed by atoms with E-state index in [0.717, 1.165) is 11.3 Å². The highest BCUT2D eigenvalue weighted by Gasteiger charge is 2.23. The molecule has 0 aliphatic heterocycles. The molecule has 0 aliphatic rings. The van der Waals surface area contributed by atoms with Crippen LogP contribution >= 0.6 is 11.3 Å². The van der Waals surface area contributed by atoms with Gasteiger partial charge in [0.1, 0.15) is 10.9 Å². The topological polar surface area (TPSA) is 117 Å². The van der Waals surface area contributed by atoms with Gasteiger partial charge in [0.2, 0.25) is 0 Å². The van der Waals surface area contributed by atoms with E-state index in [1.165, 1.54) is 11.7 Å². The van der Waals surface area contributed by atoms with Gasteiger partial charge in [-0.15, -0.1) is 11.3 Å². The molecule has 3 N–H and O–H groups in total. The summed E-state index contributed by atoms with van der Waals surface area (Å²) in [5.74, 6) is -3.33. The van der Waals surface area contributed by atoms with Gasteiger partial charge < -0.3 is 15.5 Å². The molecule has 0 fully saturated rings. The summed E-state index contributed by atoms with van der Waals surface area (Å²) in [6.45, 7) is 0. The number of carbonyl (C=O) groups excluding carboxylic acids is 1. The van der Waals surface area contributed by atoms with Gasteiger partial charge in [0.15, 0.2) is 0 Å². The summed E-state index contributed by atoms with van der Waals surface area (Å²) in [7, 11) is 0. The Balaban J connectivity index is 2.65. The largest absolute Gasteiger partial charge is 0.481 e. The summed E-state index contributed by atoms with van der Waals surface area (Å²) in [5, 5.41) is 19.2. The van der Waals surface area contributed by atoms with Crippen molar-refractivity contribution in [2.24, 2.45) is 0 Å². The summed E-state index contributed by atoms with van der Waals surface area (Å²) in [6.07, 6.45) is 0.611. The summed E-state index contributed by atoms with van der Waals surface area (Å²) in [5.41, 5.74) is 1.42. The SMILES string of the molecule is O=C(O)C[C@@H](NC(=O)c1cncs1)C(=O)O. The summed E-state index contributed by atoms with van der Waals surface area (Å²) in [4.78, 5) is 36.3. The minimum atomic E-state index is -1.44. The minimum Gasteiger partial charge on any atom is -0.481 e. The Labute approximate surface area is 93.7 Å². The first-order chi connectivity index (χ1) is 7.50. The van der Waals surface area contributed by atoms with Crippen LogP contribution in [0.4, 0.5) is 0 Å². The van der Waals surface area contributed by atoms with Gasteiger partial charge in [-0.1, -0.05) is 0 Å². The molecule has 86 valence electrons. The molecule has 0 aliphatic carbocycles. The minimum absolute atomic E-state index is 0.233. The molecule has 8 heteroatoms. The van der Waals surface area contributed by atoms with Crippen molar-refractivity contribution in [2.45, 2.75) is 12.5 Å². The zero-order chi connectivity index (χ0) is 12.1. The Morgan fingerprint density at radius 3 is 2.56 bits per heavy atom. The van der Waals surface area contributed by atoms with E-state index in [9.17, 15) is 14.4 Å². The van der Waals surface area contributed by atoms with Crippen LogP contribution in [0.15, 0.2) is 11.7 Å². The molecular weight excluding hydrogens is 236 g/mol. The van der Waals surface area contributed by atoms with Crippen molar-refractivity contribution in [3.8, 4) is 0 Å². The standard InChI is InChI=1S/C8H8N2O5S/c11-6(12)1-4(8(14)15)10-7(13)5-2-9-3-16-5/h2-4H,1H2,(H,10,13)(H,11,12)(H,14,15)/t4-/m1/s1. The van der Waals surface area contributed by atoms with Crippen molar-refractivity contribution in [1.82, 2.24) is 10.3 Å². The molecule has 0 bridgehead atoms. The lowest BCUT2D eigenvalue weighted by Gasteiger charge is -2.10. The van der Waals surface area contributed by atoms with Crippen molar-refractivity contribution in [2.75, 3.05) is 0 Å². The Morgan fingerprint density at radius 1 is 1.44 bits per heavy atom. The lowest BCUT2D eigenvalue weighted by atomic mass is 10.2. The van der Waals surface area contributed by atoms with Crippen molar-refractivity contribution in [3.63, 3.8) is 0 Å². The number of hydrogen-bond donors (Lipinski definition) is 3. The van der Waals surface area contributed by atoms with Crippen LogP contribution in [0.5, 0.6) is 0 Å². The summed E-state index contributed by atoms with van der Waals surface area (Å²) in [6, 6.07) is -1.44. The fourth-order valence-corrected chi connectivity index (χ4v) is 1.45. The predicted octanol–water partition coefficient (Wildman–Crippen LogP) is -0.199. The zero-order valence-electron chi connectivity index (χ0n) is 7.91. The molecule has 1 heterocycles. The lowest BCUT2D eigenvalue weighted by Crippen LogP contribution is -2.41. The van der Waals surface area contributed by atoms with Crippen LogP contribution in [0, 0.1) is 0 Å². The number of amides is 1. The van der Waals surface area contributed by atoms with Gasteiger partial charge in [-0.05, 0) is 0 Å². The van der Waals surface area contributed by atoms with E-state index in [-0.39, 0.29) is 4.88 Å². The molecule has 0 spiro atoms. The molecule has 0 saturated carbocycles. The summed E-state index contributed by atoms with van der Waals surface area (Å²) >= 11 is 1.04. The van der Waals surface area contributed by atoms with Crippen LogP contribution in [0.3, 0.4) is 0 Å². The third-order valence-corrected chi connectivity index (χ3v) is 2.41. The van der Waals surface area contributed by atoms with Crippen molar-refractivity contribution in [1.29, 1.82) is 0 Å². The maximum absolute atomic E-state index is 11.4. The van der Waals surface area contributed by atoms with Crippen LogP contribution in [-0.2, 0) is 9.59 Å². The lowest BCUT2D eigenvalue weighted by molar-refractivity contribution is -0.145. The van der Waals surface area contributed by atoms with Crippen LogP contribution in [-0.4, -0.2) is 39.1 Å². The van der Waals surface area contributed by atoms with Gasteiger partial charge in [0, 0.05) is 0 Å². The number of thiazole rings is 1. The molecular formula is C8H8N2O5S. The van der Waals surface area contributed by atoms with Crippen LogP contribution in [0.25, 0.3) is 0 Å². The first kappa shape index (κ1) is 12.1. The Bertz CT molecular complexity index is 403. The van der Waals surface area contributed by atoms with Gasteiger partial charge in [-0.3, -0.25) is 14.6 Å². The third-order valence-electron chi connectivity index (χ3n) is 1.64. The van der Waals surface area contributed by atoms with E-state index in [4.69, 9.17) is 10.2 Å². The molecule has 0 saturated heterocycles. The van der Waals surface area contributed by atoms with E-state index in [1.54, 1.807) is 0 Å². The molecule has 1 rings (SSSR count). The van der Waals surface area contributed by atoms with E-state index < -0.39 is 30.3 Å². The normalized spacial score (nSPS) is 11.8. The maximum Gasteiger partial charge on any atom is 0.326 e. The molecule has 1 aromatic heterocycles. The third kappa shape index (κ3) is 3.31. The molecule has 1 aromatic rings. The first-order valence-electron chi connectivity index (χ1n) is 4.14. The van der Waals surface area contributed by atoms with Crippen LogP contribution < -0.4 is 5.32 Å². The van der Waals surface area contributed by atoms with Gasteiger partial charge in [0.25, 0.3) is 5.91 Å². The van der Waals surface area contributed by atoms with E-state index in [1.807, 2.05) is 0 Å². The maximum atomic E-state index is 11.4. The predicted molar refractivity (Wildman–Crippen MR) is 53.3 cm³/mol. The number of rotatable bonds is 5. The second-order valence-electron chi connectivity index (χ2n) is 2.83. The second kappa shape index (κ2) is 5.21. The molecule has 1 amide bonds. The average molecular weight is 244 g/mol. The second-order valence-corrected chi connectivity index (χ2v) is 3.71. The monoisotopic (exact) mass is 244 g/mol. The first-order valence-corrected chi connectivity index (χ1v) is 5.02. The number of aromatic nitrogens is 1. The van der Waals surface area contributed by atoms with Crippen molar-refractivity contribution >= 4 is 29.2 Å². The van der Waals surface area contributed by atoms with E-state index in [0.29, 0.717) is 0 Å². The smallest absolute Gasteiger partial charge is 0.326 e. The highest BCUT2D eigenvalue weighted by Crippen LogP contribution is 2.06. The van der Waals surface area contributed by atoms with Crippen molar-refractivity contribution < 1.29 is 24.6 Å². The van der Waals surface area contributed by atoms with Gasteiger partial charge in [-0.25, -0.2) is 4.79 Å². The van der Waals surface area contributed by atoms with Gasteiger partial charge >= 0.3 is 11.9 Å². The fourth-order valence-electron chi connectivity index (χ4n) is 0.932. The molecule has 0 radical (unpaired) electrons. The molecule has 7 nitrogen and oxygen atoms in total. The van der Waals surface area contributed by atoms with Crippen molar-refractivity contribution in [3.05, 3.63) is 16.6 Å². The molecule has 0 unspecified atom stereocenters. The van der Waals surface area contributed by atoms with E-state index >= 15 is 0 Å². The molecule has 1 atom stereocenters. The fraction of sp³-hybridized carbons (Fsp3) is 0.250. The molecule has 16 heavy (non-hydrogen) atoms. The van der Waals surface area contributed by atoms with Crippen LogP contribution in [0.1, 0.15) is 16.1 Å². The van der Waals surface area contributed by atoms with Crippen LogP contribution in [0.2, 0.25) is 0 Å². The Hall–Kier alpha value is -1.96. The number of hydrogen-bond acceptors (Lipinski definition) is 5.